The first-order valence-corrected chi connectivity index (χ1v) is 5.86. The van der Waals surface area contributed by atoms with Crippen LogP contribution in [0.5, 0.6) is 0 Å². The summed E-state index contributed by atoms with van der Waals surface area (Å²) in [4.78, 5) is 33.4. The van der Waals surface area contributed by atoms with Gasteiger partial charge in [-0.15, -0.1) is 5.10 Å². The Kier molecular flexibility index (Phi) is 5.59. The number of aliphatic carboxylic acids is 1. The molecule has 0 unspecified atom stereocenters. The Hall–Kier alpha value is -2.49. The third-order valence-electron chi connectivity index (χ3n) is 2.41. The molecule has 0 radical (unpaired) electrons. The number of aromatic nitrogens is 3. The van der Waals surface area contributed by atoms with Crippen LogP contribution in [-0.4, -0.2) is 50.5 Å². The highest BCUT2D eigenvalue weighted by Gasteiger charge is 2.22. The molecule has 0 spiro atoms. The number of nitrogens with one attached hydrogen (secondary N) is 1. The molecule has 1 heterocycles. The van der Waals surface area contributed by atoms with Crippen molar-refractivity contribution in [1.29, 1.82) is 0 Å². The SMILES string of the molecule is NCCn1cc(C(=O)N[C@@H](CCC(N)=O)C(=O)O)nn1. The van der Waals surface area contributed by atoms with Crippen molar-refractivity contribution < 1.29 is 19.5 Å². The zero-order valence-corrected chi connectivity index (χ0v) is 10.7. The first kappa shape index (κ1) is 15.6. The van der Waals surface area contributed by atoms with Gasteiger partial charge in [0.15, 0.2) is 5.69 Å². The number of carbonyl (C=O) groups excluding carboxylic acids is 2. The summed E-state index contributed by atoms with van der Waals surface area (Å²) in [5, 5.41) is 18.5. The van der Waals surface area contributed by atoms with E-state index >= 15 is 0 Å². The van der Waals surface area contributed by atoms with Gasteiger partial charge in [-0.3, -0.25) is 14.3 Å². The van der Waals surface area contributed by atoms with E-state index in [-0.39, 0.29) is 18.5 Å². The highest BCUT2D eigenvalue weighted by atomic mass is 16.4. The van der Waals surface area contributed by atoms with Crippen LogP contribution in [0.2, 0.25) is 0 Å². The summed E-state index contributed by atoms with van der Waals surface area (Å²) in [6, 6.07) is -1.21. The summed E-state index contributed by atoms with van der Waals surface area (Å²) in [6.07, 6.45) is 1.12. The van der Waals surface area contributed by atoms with E-state index in [4.69, 9.17) is 16.6 Å². The van der Waals surface area contributed by atoms with E-state index in [1.54, 1.807) is 0 Å². The minimum Gasteiger partial charge on any atom is -0.480 e. The molecule has 0 saturated heterocycles. The first-order valence-electron chi connectivity index (χ1n) is 5.86. The van der Waals surface area contributed by atoms with Gasteiger partial charge in [0.2, 0.25) is 5.91 Å². The highest BCUT2D eigenvalue weighted by Crippen LogP contribution is 2.00. The van der Waals surface area contributed by atoms with Gasteiger partial charge in [0.05, 0.1) is 12.7 Å². The summed E-state index contributed by atoms with van der Waals surface area (Å²) in [5.41, 5.74) is 10.2. The minimum absolute atomic E-state index is 0.0243. The van der Waals surface area contributed by atoms with Crippen LogP contribution in [0.15, 0.2) is 6.20 Å². The predicted octanol–water partition coefficient (Wildman–Crippen LogP) is -2.31. The number of nitrogens with two attached hydrogens (primary N) is 2. The van der Waals surface area contributed by atoms with Crippen molar-refractivity contribution in [2.24, 2.45) is 11.5 Å². The van der Waals surface area contributed by atoms with Gasteiger partial charge >= 0.3 is 5.97 Å². The van der Waals surface area contributed by atoms with Crippen LogP contribution in [0.1, 0.15) is 23.3 Å². The van der Waals surface area contributed by atoms with Crippen LogP contribution in [0.3, 0.4) is 0 Å². The number of carbonyl (C=O) groups is 3. The Morgan fingerprint density at radius 3 is 2.70 bits per heavy atom. The van der Waals surface area contributed by atoms with E-state index in [1.165, 1.54) is 10.9 Å². The van der Waals surface area contributed by atoms with Crippen molar-refractivity contribution in [3.8, 4) is 0 Å². The summed E-state index contributed by atoms with van der Waals surface area (Å²) < 4.78 is 1.37. The van der Waals surface area contributed by atoms with Crippen LogP contribution >= 0.6 is 0 Å². The third kappa shape index (κ3) is 4.65. The van der Waals surface area contributed by atoms with Crippen LogP contribution in [0.4, 0.5) is 0 Å². The summed E-state index contributed by atoms with van der Waals surface area (Å²) >= 11 is 0. The Balaban J connectivity index is 2.64. The highest BCUT2D eigenvalue weighted by molar-refractivity contribution is 5.94. The van der Waals surface area contributed by atoms with Gasteiger partial charge in [0.25, 0.3) is 5.91 Å². The number of carboxylic acid groups (broad SMARTS) is 1. The van der Waals surface area contributed by atoms with E-state index in [1.807, 2.05) is 0 Å². The van der Waals surface area contributed by atoms with Crippen molar-refractivity contribution in [1.82, 2.24) is 20.3 Å². The summed E-state index contributed by atoms with van der Waals surface area (Å²) in [7, 11) is 0. The molecular formula is C10H16N6O4. The first-order chi connectivity index (χ1) is 9.43. The zero-order valence-electron chi connectivity index (χ0n) is 10.7. The molecule has 6 N–H and O–H groups in total. The lowest BCUT2D eigenvalue weighted by Gasteiger charge is -2.12. The number of rotatable bonds is 8. The van der Waals surface area contributed by atoms with Crippen LogP contribution in [-0.2, 0) is 16.1 Å². The molecule has 10 heteroatoms. The van der Waals surface area contributed by atoms with Crippen LogP contribution in [0.25, 0.3) is 0 Å². The fourth-order valence-corrected chi connectivity index (χ4v) is 1.42. The molecule has 0 aliphatic heterocycles. The van der Waals surface area contributed by atoms with E-state index < -0.39 is 23.8 Å². The number of nitrogens with zero attached hydrogens (tertiary/aromatic N) is 3. The molecule has 0 saturated carbocycles. The van der Waals surface area contributed by atoms with Crippen LogP contribution in [0, 0.1) is 0 Å². The normalized spacial score (nSPS) is 11.8. The molecule has 0 fully saturated rings. The summed E-state index contributed by atoms with van der Waals surface area (Å²) in [5.74, 6) is -2.58. The van der Waals surface area contributed by atoms with E-state index in [0.29, 0.717) is 13.1 Å². The molecule has 1 rings (SSSR count). The molecule has 1 atom stereocenters. The van der Waals surface area contributed by atoms with Gasteiger partial charge < -0.3 is 21.9 Å². The Labute approximate surface area is 114 Å². The summed E-state index contributed by atoms with van der Waals surface area (Å²) in [6.45, 7) is 0.727. The molecule has 0 aromatic carbocycles. The second kappa shape index (κ2) is 7.19. The lowest BCUT2D eigenvalue weighted by Crippen LogP contribution is -2.41. The van der Waals surface area contributed by atoms with E-state index in [2.05, 4.69) is 15.6 Å². The number of primary amides is 1. The minimum atomic E-state index is -1.26. The van der Waals surface area contributed by atoms with Crippen LogP contribution < -0.4 is 16.8 Å². The number of hydrogen-bond donors (Lipinski definition) is 4. The molecule has 110 valence electrons. The molecule has 0 aliphatic rings. The largest absolute Gasteiger partial charge is 0.480 e. The van der Waals surface area contributed by atoms with Gasteiger partial charge in [0.1, 0.15) is 6.04 Å². The van der Waals surface area contributed by atoms with Crippen molar-refractivity contribution >= 4 is 17.8 Å². The Morgan fingerprint density at radius 2 is 2.15 bits per heavy atom. The molecule has 1 aromatic rings. The van der Waals surface area contributed by atoms with Crippen molar-refractivity contribution in [2.45, 2.75) is 25.4 Å². The molecule has 0 bridgehead atoms. The molecule has 10 nitrogen and oxygen atoms in total. The molecular weight excluding hydrogens is 268 g/mol. The van der Waals surface area contributed by atoms with Crippen molar-refractivity contribution in [3.63, 3.8) is 0 Å². The Bertz CT molecular complexity index is 500. The average molecular weight is 284 g/mol. The topological polar surface area (TPSA) is 166 Å². The fraction of sp³-hybridized carbons (Fsp3) is 0.500. The van der Waals surface area contributed by atoms with Gasteiger partial charge in [-0.2, -0.15) is 0 Å². The third-order valence-corrected chi connectivity index (χ3v) is 2.41. The second-order valence-corrected chi connectivity index (χ2v) is 4.02. The standard InChI is InChI=1S/C10H16N6O4/c11-3-4-16-5-7(14-15-16)9(18)13-6(10(19)20)1-2-8(12)17/h5-6H,1-4,11H2,(H2,12,17)(H,13,18)(H,19,20)/t6-/m0/s1. The molecule has 2 amide bonds. The van der Waals surface area contributed by atoms with Crippen molar-refractivity contribution in [3.05, 3.63) is 11.9 Å². The molecule has 20 heavy (non-hydrogen) atoms. The van der Waals surface area contributed by atoms with Gasteiger partial charge in [-0.05, 0) is 6.42 Å². The fourth-order valence-electron chi connectivity index (χ4n) is 1.42. The maximum Gasteiger partial charge on any atom is 0.326 e. The molecule has 0 aliphatic carbocycles. The van der Waals surface area contributed by atoms with Gasteiger partial charge in [-0.25, -0.2) is 4.79 Å². The number of carboxylic acids is 1. The van der Waals surface area contributed by atoms with Gasteiger partial charge in [0, 0.05) is 13.0 Å². The lowest BCUT2D eigenvalue weighted by molar-refractivity contribution is -0.139. The van der Waals surface area contributed by atoms with Crippen molar-refractivity contribution in [2.75, 3.05) is 6.54 Å². The maximum atomic E-state index is 11.8. The average Bonchev–Trinajstić information content (AvgIpc) is 2.82. The maximum absolute atomic E-state index is 11.8. The van der Waals surface area contributed by atoms with E-state index in [0.717, 1.165) is 0 Å². The molecule has 1 aromatic heterocycles. The Morgan fingerprint density at radius 1 is 1.45 bits per heavy atom. The quantitative estimate of drug-likeness (QED) is 0.416. The zero-order chi connectivity index (χ0) is 15.1. The second-order valence-electron chi connectivity index (χ2n) is 4.02. The lowest BCUT2D eigenvalue weighted by atomic mass is 10.1. The van der Waals surface area contributed by atoms with E-state index in [9.17, 15) is 14.4 Å². The van der Waals surface area contributed by atoms with Gasteiger partial charge in [-0.1, -0.05) is 5.21 Å². The monoisotopic (exact) mass is 284 g/mol. The number of hydrogen-bond acceptors (Lipinski definition) is 6. The smallest absolute Gasteiger partial charge is 0.326 e. The number of amides is 2. The predicted molar refractivity (Wildman–Crippen MR) is 66.4 cm³/mol.